The van der Waals surface area contributed by atoms with Crippen LogP contribution in [-0.2, 0) is 4.79 Å². The third-order valence-electron chi connectivity index (χ3n) is 6.74. The fourth-order valence-corrected chi connectivity index (χ4v) is 5.26. The maximum absolute atomic E-state index is 10.8. The van der Waals surface area contributed by atoms with Gasteiger partial charge in [0.2, 0.25) is 0 Å². The van der Waals surface area contributed by atoms with Gasteiger partial charge in [-0.2, -0.15) is 0 Å². The van der Waals surface area contributed by atoms with Crippen molar-refractivity contribution in [3.8, 4) is 0 Å². The number of aliphatic hydroxyl groups excluding tert-OH is 1. The molecule has 2 N–H and O–H groups in total. The first-order valence-electron chi connectivity index (χ1n) is 6.92. The van der Waals surface area contributed by atoms with Crippen LogP contribution in [0.4, 0.5) is 0 Å². The van der Waals surface area contributed by atoms with E-state index in [1.54, 1.807) is 0 Å². The van der Waals surface area contributed by atoms with Gasteiger partial charge in [-0.1, -0.05) is 20.4 Å². The summed E-state index contributed by atoms with van der Waals surface area (Å²) in [6.07, 6.45) is 3.28. The van der Waals surface area contributed by atoms with E-state index < -0.39 is 12.1 Å². The van der Waals surface area contributed by atoms with Crippen LogP contribution in [-0.4, -0.2) is 22.3 Å². The highest BCUT2D eigenvalue weighted by atomic mass is 16.4. The highest BCUT2D eigenvalue weighted by molar-refractivity contribution is 5.86. The lowest BCUT2D eigenvalue weighted by molar-refractivity contribution is -0.133. The van der Waals surface area contributed by atoms with Crippen LogP contribution in [0.3, 0.4) is 0 Å². The monoisotopic (exact) mass is 250 g/mol. The van der Waals surface area contributed by atoms with Gasteiger partial charge in [-0.15, -0.1) is 0 Å². The van der Waals surface area contributed by atoms with Gasteiger partial charge in [0.05, 0.1) is 11.7 Å². The molecule has 4 aliphatic carbocycles. The normalized spacial score (nSPS) is 49.2. The summed E-state index contributed by atoms with van der Waals surface area (Å²) < 4.78 is 0. The predicted molar refractivity (Wildman–Crippen MR) is 67.9 cm³/mol. The second-order valence-corrected chi connectivity index (χ2v) is 6.97. The molecule has 4 saturated carbocycles. The summed E-state index contributed by atoms with van der Waals surface area (Å²) >= 11 is 0. The molecule has 100 valence electrons. The van der Waals surface area contributed by atoms with Gasteiger partial charge in [-0.05, 0) is 54.3 Å². The molecule has 0 amide bonds. The fraction of sp³-hybridized carbons (Fsp3) is 0.800. The number of carboxylic acids is 1. The van der Waals surface area contributed by atoms with Crippen molar-refractivity contribution < 1.29 is 15.0 Å². The molecule has 3 heteroatoms. The number of aliphatic carboxylic acids is 1. The molecule has 4 unspecified atom stereocenters. The number of aliphatic hydroxyl groups is 1. The second-order valence-electron chi connectivity index (χ2n) is 6.97. The highest BCUT2D eigenvalue weighted by Gasteiger charge is 2.80. The topological polar surface area (TPSA) is 57.5 Å². The average molecular weight is 250 g/mol. The van der Waals surface area contributed by atoms with Crippen molar-refractivity contribution in [3.05, 3.63) is 12.2 Å². The van der Waals surface area contributed by atoms with Gasteiger partial charge < -0.3 is 10.2 Å². The first-order chi connectivity index (χ1) is 8.32. The van der Waals surface area contributed by atoms with Gasteiger partial charge in [0.25, 0.3) is 0 Å². The summed E-state index contributed by atoms with van der Waals surface area (Å²) in [5.41, 5.74) is 0.714. The molecule has 4 aliphatic rings. The molecule has 0 aromatic heterocycles. The summed E-state index contributed by atoms with van der Waals surface area (Å²) in [7, 11) is 0. The van der Waals surface area contributed by atoms with Crippen LogP contribution in [0.25, 0.3) is 0 Å². The van der Waals surface area contributed by atoms with Crippen LogP contribution in [0, 0.1) is 28.6 Å². The van der Waals surface area contributed by atoms with Crippen molar-refractivity contribution in [2.45, 2.75) is 45.6 Å². The number of carbonyl (C=O) groups is 1. The molecule has 4 fully saturated rings. The van der Waals surface area contributed by atoms with E-state index in [9.17, 15) is 9.90 Å². The molecule has 0 radical (unpaired) electrons. The van der Waals surface area contributed by atoms with E-state index in [4.69, 9.17) is 5.11 Å². The van der Waals surface area contributed by atoms with E-state index in [1.807, 2.05) is 0 Å². The molecule has 0 aromatic rings. The van der Waals surface area contributed by atoms with E-state index in [2.05, 4.69) is 20.4 Å². The first kappa shape index (κ1) is 12.2. The molecule has 4 bridgehead atoms. The molecule has 4 rings (SSSR count). The third-order valence-corrected chi connectivity index (χ3v) is 6.74. The number of hydrogen-bond acceptors (Lipinski definition) is 2. The van der Waals surface area contributed by atoms with Crippen molar-refractivity contribution in [1.82, 2.24) is 0 Å². The van der Waals surface area contributed by atoms with E-state index in [-0.39, 0.29) is 5.57 Å². The maximum Gasteiger partial charge on any atom is 0.333 e. The molecule has 3 nitrogen and oxygen atoms in total. The summed E-state index contributed by atoms with van der Waals surface area (Å²) in [6, 6.07) is 0. The number of hydrogen-bond donors (Lipinski definition) is 2. The first-order valence-corrected chi connectivity index (χ1v) is 6.92. The van der Waals surface area contributed by atoms with Gasteiger partial charge >= 0.3 is 5.97 Å². The number of carboxylic acid groups (broad SMARTS) is 1. The Kier molecular flexibility index (Phi) is 2.30. The predicted octanol–water partition coefficient (Wildman–Crippen LogP) is 2.45. The Morgan fingerprint density at radius 3 is 2.33 bits per heavy atom. The zero-order chi connectivity index (χ0) is 13.3. The van der Waals surface area contributed by atoms with Crippen molar-refractivity contribution >= 4 is 5.97 Å². The summed E-state index contributed by atoms with van der Waals surface area (Å²) in [4.78, 5) is 10.8. The standard InChI is InChI=1S/C15H22O3/c1-8(13(17)18)12(16)4-5-14(2)9-6-10-11(7-9)15(10,14)3/h9-12,16H,1,4-7H2,2-3H3,(H,17,18). The fourth-order valence-electron chi connectivity index (χ4n) is 5.26. The Hall–Kier alpha value is -0.830. The lowest BCUT2D eigenvalue weighted by Crippen LogP contribution is -2.29. The summed E-state index contributed by atoms with van der Waals surface area (Å²) in [5.74, 6) is 1.53. The summed E-state index contributed by atoms with van der Waals surface area (Å²) in [6.45, 7) is 8.19. The zero-order valence-electron chi connectivity index (χ0n) is 11.1. The largest absolute Gasteiger partial charge is 0.478 e. The molecule has 0 saturated heterocycles. The zero-order valence-corrected chi connectivity index (χ0v) is 11.1. The highest BCUT2D eigenvalue weighted by Crippen LogP contribution is 2.87. The quantitative estimate of drug-likeness (QED) is 0.737. The van der Waals surface area contributed by atoms with E-state index in [0.717, 1.165) is 24.2 Å². The Bertz CT molecular complexity index is 415. The van der Waals surface area contributed by atoms with E-state index >= 15 is 0 Å². The van der Waals surface area contributed by atoms with E-state index in [0.29, 0.717) is 17.3 Å². The van der Waals surface area contributed by atoms with Crippen LogP contribution in [0.5, 0.6) is 0 Å². The molecule has 0 heterocycles. The van der Waals surface area contributed by atoms with Crippen LogP contribution < -0.4 is 0 Å². The minimum Gasteiger partial charge on any atom is -0.478 e. The van der Waals surface area contributed by atoms with Crippen LogP contribution in [0.2, 0.25) is 0 Å². The van der Waals surface area contributed by atoms with Gasteiger partial charge in [0.1, 0.15) is 0 Å². The van der Waals surface area contributed by atoms with Crippen molar-refractivity contribution in [3.63, 3.8) is 0 Å². The van der Waals surface area contributed by atoms with Gasteiger partial charge in [0, 0.05) is 0 Å². The summed E-state index contributed by atoms with van der Waals surface area (Å²) in [5, 5.41) is 18.7. The Morgan fingerprint density at radius 2 is 1.94 bits per heavy atom. The van der Waals surface area contributed by atoms with Crippen LogP contribution in [0.1, 0.15) is 39.5 Å². The average Bonchev–Trinajstić information content (AvgIpc) is 2.70. The van der Waals surface area contributed by atoms with Crippen LogP contribution >= 0.6 is 0 Å². The minimum atomic E-state index is -1.08. The number of rotatable bonds is 5. The second kappa shape index (κ2) is 3.38. The Morgan fingerprint density at radius 1 is 1.39 bits per heavy atom. The molecule has 0 aromatic carbocycles. The maximum atomic E-state index is 10.8. The lowest BCUT2D eigenvalue weighted by atomic mass is 9.70. The van der Waals surface area contributed by atoms with E-state index in [1.165, 1.54) is 12.8 Å². The van der Waals surface area contributed by atoms with Gasteiger partial charge in [-0.3, -0.25) is 0 Å². The van der Waals surface area contributed by atoms with Crippen molar-refractivity contribution in [2.24, 2.45) is 28.6 Å². The molecular weight excluding hydrogens is 228 g/mol. The lowest BCUT2D eigenvalue weighted by Gasteiger charge is -2.35. The molecular formula is C15H22O3. The van der Waals surface area contributed by atoms with Crippen molar-refractivity contribution in [1.29, 1.82) is 0 Å². The Labute approximate surface area is 108 Å². The third kappa shape index (κ3) is 1.21. The van der Waals surface area contributed by atoms with Gasteiger partial charge in [-0.25, -0.2) is 4.79 Å². The SMILES string of the molecule is C=C(C(=O)O)C(O)CCC1(C)C2CC3C(C2)C31C. The van der Waals surface area contributed by atoms with Gasteiger partial charge in [0.15, 0.2) is 0 Å². The molecule has 0 aliphatic heterocycles. The molecule has 18 heavy (non-hydrogen) atoms. The smallest absolute Gasteiger partial charge is 0.333 e. The molecule has 0 spiro atoms. The van der Waals surface area contributed by atoms with Crippen LogP contribution in [0.15, 0.2) is 12.2 Å². The minimum absolute atomic E-state index is 0.0681. The Balaban J connectivity index is 1.65. The van der Waals surface area contributed by atoms with Crippen molar-refractivity contribution in [2.75, 3.05) is 0 Å². The molecule has 4 atom stereocenters.